The number of aromatic amines is 1. The Balaban J connectivity index is 1.45. The van der Waals surface area contributed by atoms with Gasteiger partial charge in [0.05, 0.1) is 11.4 Å². The van der Waals surface area contributed by atoms with E-state index in [1.165, 1.54) is 4.31 Å². The van der Waals surface area contributed by atoms with Crippen LogP contribution in [0.1, 0.15) is 22.6 Å². The van der Waals surface area contributed by atoms with Crippen LogP contribution < -0.4 is 9.62 Å². The summed E-state index contributed by atoms with van der Waals surface area (Å²) in [7, 11) is -3.23. The van der Waals surface area contributed by atoms with E-state index in [1.54, 1.807) is 36.4 Å². The monoisotopic (exact) mass is 397 g/mol. The fraction of sp³-hybridized carbons (Fsp3) is 0.211. The molecule has 4 rings (SSSR count). The molecule has 1 fully saturated rings. The molecule has 28 heavy (non-hydrogen) atoms. The molecule has 9 heteroatoms. The maximum absolute atomic E-state index is 12.5. The second-order valence-corrected chi connectivity index (χ2v) is 8.58. The average Bonchev–Trinajstić information content (AvgIpc) is 3.27. The Kier molecular flexibility index (Phi) is 4.60. The summed E-state index contributed by atoms with van der Waals surface area (Å²) in [4.78, 5) is 16.7. The predicted molar refractivity (Wildman–Crippen MR) is 107 cm³/mol. The Morgan fingerprint density at radius 2 is 1.82 bits per heavy atom. The van der Waals surface area contributed by atoms with Gasteiger partial charge in [-0.2, -0.15) is 5.10 Å². The molecular weight excluding hydrogens is 378 g/mol. The highest BCUT2D eigenvalue weighted by Gasteiger charge is 2.28. The molecule has 0 saturated carbocycles. The summed E-state index contributed by atoms with van der Waals surface area (Å²) in [5.74, 6) is 1.23. The van der Waals surface area contributed by atoms with Crippen LogP contribution in [0.4, 0.5) is 11.4 Å². The van der Waals surface area contributed by atoms with Crippen molar-refractivity contribution >= 4 is 27.3 Å². The van der Waals surface area contributed by atoms with Gasteiger partial charge in [0.25, 0.3) is 5.91 Å². The topological polar surface area (TPSA) is 108 Å². The van der Waals surface area contributed by atoms with Gasteiger partial charge in [-0.15, -0.1) is 0 Å². The van der Waals surface area contributed by atoms with Gasteiger partial charge in [0, 0.05) is 23.4 Å². The second kappa shape index (κ2) is 7.08. The molecule has 2 N–H and O–H groups in total. The second-order valence-electron chi connectivity index (χ2n) is 6.56. The molecule has 0 radical (unpaired) electrons. The van der Waals surface area contributed by atoms with Gasteiger partial charge in [0.1, 0.15) is 5.82 Å². The molecule has 2 aromatic carbocycles. The highest BCUT2D eigenvalue weighted by molar-refractivity contribution is 7.93. The van der Waals surface area contributed by atoms with Crippen LogP contribution in [0.3, 0.4) is 0 Å². The molecule has 3 aromatic rings. The third-order valence-electron chi connectivity index (χ3n) is 4.51. The van der Waals surface area contributed by atoms with Crippen molar-refractivity contribution in [3.05, 3.63) is 59.9 Å². The minimum absolute atomic E-state index is 0.165. The molecule has 8 nitrogen and oxygen atoms in total. The molecule has 0 atom stereocenters. The van der Waals surface area contributed by atoms with Crippen LogP contribution in [0.15, 0.2) is 48.5 Å². The Hall–Kier alpha value is -3.20. The van der Waals surface area contributed by atoms with Gasteiger partial charge in [0.2, 0.25) is 10.0 Å². The van der Waals surface area contributed by atoms with Crippen LogP contribution in [0.5, 0.6) is 0 Å². The molecule has 1 aliphatic rings. The van der Waals surface area contributed by atoms with Crippen LogP contribution in [0.2, 0.25) is 0 Å². The molecule has 2 heterocycles. The lowest BCUT2D eigenvalue weighted by molar-refractivity contribution is 0.102. The standard InChI is InChI=1S/C19H19N5O3S/c1-13-20-18(23-22-13)14-3-7-16(8-4-14)21-19(25)15-5-9-17(10-6-15)24-11-2-12-28(24,26)27/h3-10H,2,11-12H2,1H3,(H,21,25)(H,20,22,23). The van der Waals surface area contributed by atoms with E-state index in [1.807, 2.05) is 19.1 Å². The number of anilines is 2. The fourth-order valence-electron chi connectivity index (χ4n) is 3.09. The normalized spacial score (nSPS) is 15.5. The van der Waals surface area contributed by atoms with Crippen molar-refractivity contribution in [2.45, 2.75) is 13.3 Å². The van der Waals surface area contributed by atoms with Gasteiger partial charge in [-0.25, -0.2) is 13.4 Å². The summed E-state index contributed by atoms with van der Waals surface area (Å²) in [6.45, 7) is 2.31. The quantitative estimate of drug-likeness (QED) is 0.703. The summed E-state index contributed by atoms with van der Waals surface area (Å²) in [6, 6.07) is 13.8. The highest BCUT2D eigenvalue weighted by Crippen LogP contribution is 2.24. The number of nitrogens with zero attached hydrogens (tertiary/aromatic N) is 3. The Morgan fingerprint density at radius 1 is 1.11 bits per heavy atom. The fourth-order valence-corrected chi connectivity index (χ4v) is 4.65. The molecule has 144 valence electrons. The number of hydrogen-bond acceptors (Lipinski definition) is 5. The van der Waals surface area contributed by atoms with Crippen LogP contribution in [-0.4, -0.2) is 41.8 Å². The smallest absolute Gasteiger partial charge is 0.255 e. The van der Waals surface area contributed by atoms with Crippen LogP contribution in [0.25, 0.3) is 11.4 Å². The number of aromatic nitrogens is 3. The molecule has 1 amide bonds. The van der Waals surface area contributed by atoms with Gasteiger partial charge < -0.3 is 5.32 Å². The number of amides is 1. The molecule has 1 aromatic heterocycles. The van der Waals surface area contributed by atoms with E-state index in [4.69, 9.17) is 0 Å². The lowest BCUT2D eigenvalue weighted by Crippen LogP contribution is -2.25. The van der Waals surface area contributed by atoms with E-state index in [-0.39, 0.29) is 11.7 Å². The third-order valence-corrected chi connectivity index (χ3v) is 6.38. The number of benzene rings is 2. The molecule has 1 saturated heterocycles. The minimum atomic E-state index is -3.23. The number of aryl methyl sites for hydroxylation is 1. The zero-order chi connectivity index (χ0) is 19.7. The van der Waals surface area contributed by atoms with Gasteiger partial charge in [-0.05, 0) is 61.9 Å². The number of hydrogen-bond donors (Lipinski definition) is 2. The van der Waals surface area contributed by atoms with Crippen molar-refractivity contribution in [1.29, 1.82) is 0 Å². The predicted octanol–water partition coefficient (Wildman–Crippen LogP) is 2.57. The van der Waals surface area contributed by atoms with Gasteiger partial charge in [-0.1, -0.05) is 0 Å². The first-order chi connectivity index (χ1) is 13.4. The van der Waals surface area contributed by atoms with E-state index < -0.39 is 10.0 Å². The van der Waals surface area contributed by atoms with Crippen molar-refractivity contribution in [2.24, 2.45) is 0 Å². The summed E-state index contributed by atoms with van der Waals surface area (Å²) in [6.07, 6.45) is 0.619. The van der Waals surface area contributed by atoms with Crippen molar-refractivity contribution < 1.29 is 13.2 Å². The number of carbonyl (C=O) groups excluding carboxylic acids is 1. The molecular formula is C19H19N5O3S. The van der Waals surface area contributed by atoms with Crippen molar-refractivity contribution in [3.63, 3.8) is 0 Å². The first kappa shape index (κ1) is 18.2. The van der Waals surface area contributed by atoms with Crippen molar-refractivity contribution in [1.82, 2.24) is 15.2 Å². The number of sulfonamides is 1. The van der Waals surface area contributed by atoms with E-state index in [0.29, 0.717) is 35.7 Å². The zero-order valence-electron chi connectivity index (χ0n) is 15.2. The number of rotatable bonds is 4. The maximum atomic E-state index is 12.5. The summed E-state index contributed by atoms with van der Waals surface area (Å²) in [5.41, 5.74) is 2.53. The Morgan fingerprint density at radius 3 is 2.39 bits per heavy atom. The third kappa shape index (κ3) is 3.61. The number of carbonyl (C=O) groups is 1. The van der Waals surface area contributed by atoms with Gasteiger partial charge >= 0.3 is 0 Å². The molecule has 0 bridgehead atoms. The summed E-state index contributed by atoms with van der Waals surface area (Å²) in [5, 5.41) is 9.73. The van der Waals surface area contributed by atoms with E-state index in [2.05, 4.69) is 20.5 Å². The highest BCUT2D eigenvalue weighted by atomic mass is 32.2. The summed E-state index contributed by atoms with van der Waals surface area (Å²) < 4.78 is 25.4. The molecule has 1 aliphatic heterocycles. The van der Waals surface area contributed by atoms with E-state index in [9.17, 15) is 13.2 Å². The maximum Gasteiger partial charge on any atom is 0.255 e. The number of nitrogens with one attached hydrogen (secondary N) is 2. The molecule has 0 aliphatic carbocycles. The minimum Gasteiger partial charge on any atom is -0.322 e. The summed E-state index contributed by atoms with van der Waals surface area (Å²) >= 11 is 0. The molecule has 0 spiro atoms. The lowest BCUT2D eigenvalue weighted by Gasteiger charge is -2.17. The van der Waals surface area contributed by atoms with E-state index in [0.717, 1.165) is 11.4 Å². The first-order valence-electron chi connectivity index (χ1n) is 8.84. The average molecular weight is 397 g/mol. The first-order valence-corrected chi connectivity index (χ1v) is 10.4. The lowest BCUT2D eigenvalue weighted by atomic mass is 10.1. The zero-order valence-corrected chi connectivity index (χ0v) is 16.0. The van der Waals surface area contributed by atoms with Crippen molar-refractivity contribution in [2.75, 3.05) is 21.9 Å². The largest absolute Gasteiger partial charge is 0.322 e. The van der Waals surface area contributed by atoms with Crippen LogP contribution in [-0.2, 0) is 10.0 Å². The van der Waals surface area contributed by atoms with E-state index >= 15 is 0 Å². The van der Waals surface area contributed by atoms with Gasteiger partial charge in [-0.3, -0.25) is 14.2 Å². The van der Waals surface area contributed by atoms with Gasteiger partial charge in [0.15, 0.2) is 5.82 Å². The van der Waals surface area contributed by atoms with Crippen molar-refractivity contribution in [3.8, 4) is 11.4 Å². The van der Waals surface area contributed by atoms with Crippen LogP contribution in [0, 0.1) is 6.92 Å². The molecule has 0 unspecified atom stereocenters. The Labute approximate surface area is 162 Å². The number of H-pyrrole nitrogens is 1. The van der Waals surface area contributed by atoms with Crippen LogP contribution >= 0.6 is 0 Å². The SMILES string of the molecule is Cc1nc(-c2ccc(NC(=O)c3ccc(N4CCCS4(=O)=O)cc3)cc2)n[nH]1. The Bertz CT molecular complexity index is 1110.